The van der Waals surface area contributed by atoms with Crippen LogP contribution in [0.5, 0.6) is 0 Å². The zero-order valence-electron chi connectivity index (χ0n) is 10.9. The summed E-state index contributed by atoms with van der Waals surface area (Å²) in [5, 5.41) is 10.6. The highest BCUT2D eigenvalue weighted by Gasteiger charge is 2.20. The van der Waals surface area contributed by atoms with Crippen molar-refractivity contribution >= 4 is 16.8 Å². The van der Waals surface area contributed by atoms with E-state index in [1.165, 1.54) is 18.3 Å². The maximum atomic E-state index is 11.8. The van der Waals surface area contributed by atoms with Crippen molar-refractivity contribution in [2.75, 3.05) is 26.2 Å². The lowest BCUT2D eigenvalue weighted by Crippen LogP contribution is -2.27. The van der Waals surface area contributed by atoms with Crippen LogP contribution < -0.4 is 0 Å². The summed E-state index contributed by atoms with van der Waals surface area (Å²) in [4.78, 5) is 16.0. The Bertz CT molecular complexity index is 451. The third-order valence-corrected chi connectivity index (χ3v) is 3.61. The molecule has 1 heterocycles. The van der Waals surface area contributed by atoms with Crippen LogP contribution in [0.25, 0.3) is 0 Å². The molecular formula is C11H17N3O4S. The van der Waals surface area contributed by atoms with E-state index in [9.17, 15) is 14.3 Å². The molecule has 1 atom stereocenters. The third-order valence-electron chi connectivity index (χ3n) is 2.60. The van der Waals surface area contributed by atoms with Gasteiger partial charge in [0.25, 0.3) is 0 Å². The molecule has 106 valence electrons. The zero-order chi connectivity index (χ0) is 14.3. The summed E-state index contributed by atoms with van der Waals surface area (Å²) in [6, 6.07) is 2.68. The number of likely N-dealkylation sites (N-methyl/N-ethyl adjacent to an activating group) is 1. The van der Waals surface area contributed by atoms with Gasteiger partial charge in [0.1, 0.15) is 0 Å². The van der Waals surface area contributed by atoms with Gasteiger partial charge in [-0.2, -0.15) is 0 Å². The Morgan fingerprint density at radius 1 is 1.47 bits per heavy atom. The Kier molecular flexibility index (Phi) is 6.54. The lowest BCUT2D eigenvalue weighted by molar-refractivity contribution is -0.388. The maximum Gasteiger partial charge on any atom is 0.306 e. The standard InChI is InChI=1S/C11H17N3O4S/c1-3-13(4-2)8-9-18-19(17)11-10(14(15)16)6-5-7-12-11/h5-7H,3-4,8-9H2,1-2H3. The second-order valence-corrected chi connectivity index (χ2v) is 4.76. The fourth-order valence-electron chi connectivity index (χ4n) is 1.49. The smallest absolute Gasteiger partial charge is 0.302 e. The van der Waals surface area contributed by atoms with Gasteiger partial charge >= 0.3 is 5.69 Å². The average molecular weight is 287 g/mol. The number of hydrogen-bond acceptors (Lipinski definition) is 6. The lowest BCUT2D eigenvalue weighted by Gasteiger charge is -2.16. The predicted octanol–water partition coefficient (Wildman–Crippen LogP) is 1.37. The Morgan fingerprint density at radius 2 is 2.16 bits per heavy atom. The summed E-state index contributed by atoms with van der Waals surface area (Å²) >= 11 is -1.92. The first-order chi connectivity index (χ1) is 9.10. The summed E-state index contributed by atoms with van der Waals surface area (Å²) in [6.45, 7) is 6.64. The van der Waals surface area contributed by atoms with Crippen molar-refractivity contribution in [2.45, 2.75) is 18.9 Å². The highest BCUT2D eigenvalue weighted by atomic mass is 32.2. The van der Waals surface area contributed by atoms with E-state index in [1.54, 1.807) is 0 Å². The predicted molar refractivity (Wildman–Crippen MR) is 71.0 cm³/mol. The van der Waals surface area contributed by atoms with E-state index in [-0.39, 0.29) is 17.3 Å². The molecule has 0 bridgehead atoms. The van der Waals surface area contributed by atoms with Crippen molar-refractivity contribution in [3.8, 4) is 0 Å². The third kappa shape index (κ3) is 4.66. The summed E-state index contributed by atoms with van der Waals surface area (Å²) in [6.07, 6.45) is 1.36. The molecule has 1 aromatic rings. The number of aromatic nitrogens is 1. The molecule has 0 spiro atoms. The SMILES string of the molecule is CCN(CC)CCOS(=O)c1ncccc1[N+](=O)[O-]. The fourth-order valence-corrected chi connectivity index (χ4v) is 2.29. The van der Waals surface area contributed by atoms with Crippen LogP contribution in [-0.2, 0) is 15.3 Å². The topological polar surface area (TPSA) is 85.6 Å². The molecule has 1 rings (SSSR count). The molecule has 8 heteroatoms. The van der Waals surface area contributed by atoms with Gasteiger partial charge in [-0.3, -0.25) is 14.3 Å². The second kappa shape index (κ2) is 7.93. The number of nitrogens with zero attached hydrogens (tertiary/aromatic N) is 3. The van der Waals surface area contributed by atoms with Crippen molar-refractivity contribution in [3.05, 3.63) is 28.4 Å². The highest BCUT2D eigenvalue weighted by Crippen LogP contribution is 2.19. The summed E-state index contributed by atoms with van der Waals surface area (Å²) in [5.41, 5.74) is -0.288. The average Bonchev–Trinajstić information content (AvgIpc) is 2.43. The number of hydrogen-bond donors (Lipinski definition) is 0. The van der Waals surface area contributed by atoms with Gasteiger partial charge < -0.3 is 4.90 Å². The van der Waals surface area contributed by atoms with E-state index in [2.05, 4.69) is 9.88 Å². The minimum absolute atomic E-state index is 0.146. The molecule has 0 aliphatic heterocycles. The molecule has 0 N–H and O–H groups in total. The first-order valence-corrected chi connectivity index (χ1v) is 7.04. The number of nitro groups is 1. The Hall–Kier alpha value is -1.38. The molecule has 1 unspecified atom stereocenters. The van der Waals surface area contributed by atoms with E-state index in [0.717, 1.165) is 13.1 Å². The van der Waals surface area contributed by atoms with Crippen LogP contribution in [0.3, 0.4) is 0 Å². The summed E-state index contributed by atoms with van der Waals surface area (Å²) < 4.78 is 16.9. The summed E-state index contributed by atoms with van der Waals surface area (Å²) in [7, 11) is 0. The first kappa shape index (κ1) is 15.7. The van der Waals surface area contributed by atoms with Crippen LogP contribution in [-0.4, -0.2) is 45.3 Å². The van der Waals surface area contributed by atoms with Crippen LogP contribution in [0, 0.1) is 10.1 Å². The van der Waals surface area contributed by atoms with Gasteiger partial charge in [-0.15, -0.1) is 0 Å². The van der Waals surface area contributed by atoms with E-state index in [4.69, 9.17) is 4.18 Å². The monoisotopic (exact) mass is 287 g/mol. The molecule has 0 amide bonds. The molecule has 7 nitrogen and oxygen atoms in total. The summed E-state index contributed by atoms with van der Waals surface area (Å²) in [5.74, 6) is 0. The van der Waals surface area contributed by atoms with Gasteiger partial charge in [0.2, 0.25) is 16.1 Å². The minimum atomic E-state index is -1.92. The van der Waals surface area contributed by atoms with Crippen LogP contribution in [0.15, 0.2) is 23.4 Å². The lowest BCUT2D eigenvalue weighted by atomic mass is 10.4. The molecule has 0 fully saturated rings. The Labute approximate surface area is 114 Å². The van der Waals surface area contributed by atoms with E-state index >= 15 is 0 Å². The van der Waals surface area contributed by atoms with Crippen molar-refractivity contribution in [1.29, 1.82) is 0 Å². The molecule has 0 saturated heterocycles. The zero-order valence-corrected chi connectivity index (χ0v) is 11.8. The normalized spacial score (nSPS) is 12.6. The molecule has 1 aromatic heterocycles. The van der Waals surface area contributed by atoms with Crippen molar-refractivity contribution in [3.63, 3.8) is 0 Å². The highest BCUT2D eigenvalue weighted by molar-refractivity contribution is 7.80. The minimum Gasteiger partial charge on any atom is -0.302 e. The number of pyridine rings is 1. The molecule has 0 aromatic carbocycles. The Morgan fingerprint density at radius 3 is 2.74 bits per heavy atom. The quantitative estimate of drug-likeness (QED) is 0.530. The largest absolute Gasteiger partial charge is 0.306 e. The van der Waals surface area contributed by atoms with Gasteiger partial charge in [-0.1, -0.05) is 13.8 Å². The second-order valence-electron chi connectivity index (χ2n) is 3.67. The van der Waals surface area contributed by atoms with Crippen molar-refractivity contribution in [1.82, 2.24) is 9.88 Å². The number of rotatable bonds is 8. The van der Waals surface area contributed by atoms with E-state index < -0.39 is 16.0 Å². The maximum absolute atomic E-state index is 11.8. The van der Waals surface area contributed by atoms with Gasteiger partial charge in [-0.05, 0) is 19.2 Å². The van der Waals surface area contributed by atoms with Gasteiger partial charge in [-0.25, -0.2) is 9.19 Å². The fraction of sp³-hybridized carbons (Fsp3) is 0.545. The van der Waals surface area contributed by atoms with Crippen LogP contribution >= 0.6 is 0 Å². The van der Waals surface area contributed by atoms with Gasteiger partial charge in [0.15, 0.2) is 0 Å². The van der Waals surface area contributed by atoms with Crippen LogP contribution in [0.1, 0.15) is 13.8 Å². The molecular weight excluding hydrogens is 270 g/mol. The molecule has 0 radical (unpaired) electrons. The van der Waals surface area contributed by atoms with E-state index in [0.29, 0.717) is 6.54 Å². The van der Waals surface area contributed by atoms with Gasteiger partial charge in [0.05, 0.1) is 11.5 Å². The molecule has 0 saturated carbocycles. The van der Waals surface area contributed by atoms with Crippen LogP contribution in [0.2, 0.25) is 0 Å². The molecule has 0 aliphatic carbocycles. The van der Waals surface area contributed by atoms with Crippen molar-refractivity contribution in [2.24, 2.45) is 0 Å². The van der Waals surface area contributed by atoms with Crippen LogP contribution in [0.4, 0.5) is 5.69 Å². The Balaban J connectivity index is 2.61. The van der Waals surface area contributed by atoms with E-state index in [1.807, 2.05) is 13.8 Å². The first-order valence-electron chi connectivity index (χ1n) is 5.96. The van der Waals surface area contributed by atoms with Gasteiger partial charge in [0, 0.05) is 18.8 Å². The molecule has 19 heavy (non-hydrogen) atoms. The van der Waals surface area contributed by atoms with Crippen molar-refractivity contribution < 1.29 is 13.3 Å². The molecule has 0 aliphatic rings.